The summed E-state index contributed by atoms with van der Waals surface area (Å²) in [6.07, 6.45) is 1.68. The van der Waals surface area contributed by atoms with Crippen molar-refractivity contribution in [1.29, 1.82) is 0 Å². The van der Waals surface area contributed by atoms with Crippen molar-refractivity contribution < 1.29 is 4.39 Å². The fourth-order valence-corrected chi connectivity index (χ4v) is 2.46. The van der Waals surface area contributed by atoms with Gasteiger partial charge in [0.25, 0.3) is 0 Å². The number of halogens is 1. The normalized spacial score (nSPS) is 11.6. The number of pyridine rings is 1. The minimum Gasteiger partial charge on any atom is -0.363 e. The van der Waals surface area contributed by atoms with Gasteiger partial charge in [-0.15, -0.1) is 0 Å². The van der Waals surface area contributed by atoms with E-state index in [-0.39, 0.29) is 5.82 Å². The zero-order chi connectivity index (χ0) is 10.9. The molecule has 0 amide bonds. The van der Waals surface area contributed by atoms with Gasteiger partial charge in [0.2, 0.25) is 0 Å². The molecule has 0 fully saturated rings. The van der Waals surface area contributed by atoms with E-state index in [0.717, 1.165) is 5.19 Å². The molecule has 0 bridgehead atoms. The molecule has 0 spiro atoms. The van der Waals surface area contributed by atoms with Crippen molar-refractivity contribution in [2.75, 3.05) is 19.0 Å². The lowest BCUT2D eigenvalue weighted by molar-refractivity contribution is 0.633. The zero-order valence-corrected chi connectivity index (χ0v) is 10.4. The largest absolute Gasteiger partial charge is 0.363 e. The maximum Gasteiger partial charge on any atom is 0.130 e. The van der Waals surface area contributed by atoms with E-state index in [9.17, 15) is 4.39 Å². The molecule has 14 heavy (non-hydrogen) atoms. The first kappa shape index (κ1) is 11.2. The molecule has 0 N–H and O–H groups in total. The maximum atomic E-state index is 13.7. The highest BCUT2D eigenvalue weighted by Crippen LogP contribution is 2.11. The van der Waals surface area contributed by atoms with Crippen LogP contribution in [0, 0.1) is 5.82 Å². The van der Waals surface area contributed by atoms with Gasteiger partial charge in [0.15, 0.2) is 0 Å². The van der Waals surface area contributed by atoms with Gasteiger partial charge >= 0.3 is 0 Å². The predicted octanol–water partition coefficient (Wildman–Crippen LogP) is 1.83. The lowest BCUT2D eigenvalue weighted by Gasteiger charge is -2.19. The van der Waals surface area contributed by atoms with Gasteiger partial charge < -0.3 is 4.90 Å². The summed E-state index contributed by atoms with van der Waals surface area (Å²) in [7, 11) is 2.12. The number of anilines is 1. The maximum absolute atomic E-state index is 13.7. The van der Waals surface area contributed by atoms with E-state index in [1.165, 1.54) is 6.07 Å². The van der Waals surface area contributed by atoms with Crippen LogP contribution in [0.15, 0.2) is 12.3 Å². The van der Waals surface area contributed by atoms with Crippen LogP contribution < -0.4 is 10.1 Å². The third kappa shape index (κ3) is 2.32. The van der Waals surface area contributed by atoms with Crippen molar-refractivity contribution in [2.24, 2.45) is 0 Å². The summed E-state index contributed by atoms with van der Waals surface area (Å²) in [5, 5.41) is 0.795. The summed E-state index contributed by atoms with van der Waals surface area (Å²) in [5.41, 5.74) is 0. The molecule has 1 aromatic heterocycles. The van der Waals surface area contributed by atoms with E-state index in [1.807, 2.05) is 14.1 Å². The van der Waals surface area contributed by atoms with Crippen LogP contribution in [-0.2, 0) is 0 Å². The van der Waals surface area contributed by atoms with Gasteiger partial charge in [-0.05, 0) is 5.19 Å². The predicted molar refractivity (Wildman–Crippen MR) is 61.5 cm³/mol. The average molecular weight is 212 g/mol. The molecule has 0 aliphatic heterocycles. The Hall–Kier alpha value is -0.903. The van der Waals surface area contributed by atoms with Gasteiger partial charge in [0.05, 0.1) is 8.07 Å². The first-order valence-corrected chi connectivity index (χ1v) is 8.15. The summed E-state index contributed by atoms with van der Waals surface area (Å²) in [4.78, 5) is 6.03. The van der Waals surface area contributed by atoms with Crippen LogP contribution in [0.1, 0.15) is 0 Å². The average Bonchev–Trinajstić information content (AvgIpc) is 2.01. The molecule has 0 atom stereocenters. The fourth-order valence-electron chi connectivity index (χ4n) is 1.22. The van der Waals surface area contributed by atoms with Crippen LogP contribution in [0.4, 0.5) is 10.2 Å². The van der Waals surface area contributed by atoms with Crippen LogP contribution in [0.5, 0.6) is 0 Å². The summed E-state index contributed by atoms with van der Waals surface area (Å²) < 4.78 is 13.7. The van der Waals surface area contributed by atoms with Crippen LogP contribution in [0.3, 0.4) is 0 Å². The Bertz CT molecular complexity index is 331. The standard InChI is InChI=1S/C10H17FN2Si/c1-13(2)10-6-8(11)9(7-12-10)14(3,4)5/h6-7H,1-5H3. The lowest BCUT2D eigenvalue weighted by Crippen LogP contribution is -2.40. The number of rotatable bonds is 2. The van der Waals surface area contributed by atoms with Crippen molar-refractivity contribution in [3.05, 3.63) is 18.1 Å². The quantitative estimate of drug-likeness (QED) is 0.695. The number of hydrogen-bond donors (Lipinski definition) is 0. The van der Waals surface area contributed by atoms with Gasteiger partial charge in [-0.25, -0.2) is 9.37 Å². The molecular formula is C10H17FN2Si. The number of aromatic nitrogens is 1. The van der Waals surface area contributed by atoms with E-state index >= 15 is 0 Å². The third-order valence-electron chi connectivity index (χ3n) is 2.11. The SMILES string of the molecule is CN(C)c1cc(F)c([Si](C)(C)C)cn1. The molecule has 0 aromatic carbocycles. The summed E-state index contributed by atoms with van der Waals surface area (Å²) >= 11 is 0. The second-order valence-corrected chi connectivity index (χ2v) is 9.71. The van der Waals surface area contributed by atoms with Crippen LogP contribution in [0.25, 0.3) is 0 Å². The second kappa shape index (κ2) is 3.69. The second-order valence-electron chi connectivity index (χ2n) is 4.67. The van der Waals surface area contributed by atoms with Crippen molar-refractivity contribution >= 4 is 19.1 Å². The highest BCUT2D eigenvalue weighted by molar-refractivity contribution is 6.88. The molecule has 0 unspecified atom stereocenters. The zero-order valence-electron chi connectivity index (χ0n) is 9.43. The molecule has 2 nitrogen and oxygen atoms in total. The summed E-state index contributed by atoms with van der Waals surface area (Å²) in [6.45, 7) is 6.34. The van der Waals surface area contributed by atoms with E-state index < -0.39 is 8.07 Å². The van der Waals surface area contributed by atoms with E-state index in [0.29, 0.717) is 5.82 Å². The van der Waals surface area contributed by atoms with Gasteiger partial charge in [-0.1, -0.05) is 19.6 Å². The molecule has 0 saturated heterocycles. The molecular weight excluding hydrogens is 195 g/mol. The molecule has 0 saturated carbocycles. The van der Waals surface area contributed by atoms with Crippen molar-refractivity contribution in [3.63, 3.8) is 0 Å². The van der Waals surface area contributed by atoms with E-state index in [2.05, 4.69) is 24.6 Å². The molecule has 78 valence electrons. The third-order valence-corrected chi connectivity index (χ3v) is 4.09. The molecule has 0 aliphatic rings. The molecule has 0 radical (unpaired) electrons. The Morgan fingerprint density at radius 2 is 1.86 bits per heavy atom. The Labute approximate surface area is 85.8 Å². The fraction of sp³-hybridized carbons (Fsp3) is 0.500. The highest BCUT2D eigenvalue weighted by Gasteiger charge is 2.21. The van der Waals surface area contributed by atoms with E-state index in [4.69, 9.17) is 0 Å². The van der Waals surface area contributed by atoms with Gasteiger partial charge in [0, 0.05) is 26.4 Å². The molecule has 1 heterocycles. The van der Waals surface area contributed by atoms with Gasteiger partial charge in [-0.2, -0.15) is 0 Å². The Morgan fingerprint density at radius 1 is 1.29 bits per heavy atom. The van der Waals surface area contributed by atoms with Gasteiger partial charge in [0.1, 0.15) is 11.6 Å². The van der Waals surface area contributed by atoms with Crippen LogP contribution >= 0.6 is 0 Å². The van der Waals surface area contributed by atoms with Crippen LogP contribution in [-0.4, -0.2) is 27.2 Å². The number of nitrogens with zero attached hydrogens (tertiary/aromatic N) is 2. The Morgan fingerprint density at radius 3 is 2.21 bits per heavy atom. The monoisotopic (exact) mass is 212 g/mol. The van der Waals surface area contributed by atoms with Crippen molar-refractivity contribution in [3.8, 4) is 0 Å². The summed E-state index contributed by atoms with van der Waals surface area (Å²) in [5.74, 6) is 0.548. The Balaban J connectivity index is 3.15. The molecule has 0 aliphatic carbocycles. The topological polar surface area (TPSA) is 16.1 Å². The van der Waals surface area contributed by atoms with Gasteiger partial charge in [-0.3, -0.25) is 0 Å². The van der Waals surface area contributed by atoms with Crippen LogP contribution in [0.2, 0.25) is 19.6 Å². The van der Waals surface area contributed by atoms with Crippen molar-refractivity contribution in [1.82, 2.24) is 4.98 Å². The van der Waals surface area contributed by atoms with E-state index in [1.54, 1.807) is 11.1 Å². The molecule has 1 rings (SSSR count). The first-order valence-electron chi connectivity index (χ1n) is 4.65. The lowest BCUT2D eigenvalue weighted by atomic mass is 10.4. The smallest absolute Gasteiger partial charge is 0.130 e. The minimum absolute atomic E-state index is 0.122. The first-order chi connectivity index (χ1) is 6.32. The molecule has 1 aromatic rings. The summed E-state index contributed by atoms with van der Waals surface area (Å²) in [6, 6.07) is 1.51. The molecule has 4 heteroatoms. The highest BCUT2D eigenvalue weighted by atomic mass is 28.3. The number of hydrogen-bond acceptors (Lipinski definition) is 2. The van der Waals surface area contributed by atoms with Crippen molar-refractivity contribution in [2.45, 2.75) is 19.6 Å². The Kier molecular flexibility index (Phi) is 2.94. The minimum atomic E-state index is -1.59.